The maximum atomic E-state index is 12.6. The normalized spacial score (nSPS) is 18.5. The molecule has 1 amide bonds. The molecule has 1 heterocycles. The van der Waals surface area contributed by atoms with Crippen LogP contribution in [0.4, 0.5) is 0 Å². The zero-order chi connectivity index (χ0) is 15.9. The molecule has 0 saturated carbocycles. The molecular weight excluding hydrogens is 276 g/mol. The lowest BCUT2D eigenvalue weighted by Gasteiger charge is -2.33. The lowest BCUT2D eigenvalue weighted by atomic mass is 9.97. The minimum absolute atomic E-state index is 0.117. The summed E-state index contributed by atoms with van der Waals surface area (Å²) in [6.45, 7) is 6.74. The minimum atomic E-state index is 0.117. The fourth-order valence-electron chi connectivity index (χ4n) is 3.04. The largest absolute Gasteiger partial charge is 0.491 e. The van der Waals surface area contributed by atoms with E-state index in [2.05, 4.69) is 5.32 Å². The van der Waals surface area contributed by atoms with E-state index in [1.807, 2.05) is 50.1 Å². The Morgan fingerprint density at radius 2 is 2.18 bits per heavy atom. The van der Waals surface area contributed by atoms with Gasteiger partial charge in [0, 0.05) is 18.7 Å². The highest BCUT2D eigenvalue weighted by Gasteiger charge is 2.23. The van der Waals surface area contributed by atoms with E-state index in [-0.39, 0.29) is 12.0 Å². The highest BCUT2D eigenvalue weighted by Crippen LogP contribution is 2.22. The third-order valence-electron chi connectivity index (χ3n) is 4.04. The number of rotatable bonds is 6. The first-order chi connectivity index (χ1) is 10.6. The third kappa shape index (κ3) is 4.73. The van der Waals surface area contributed by atoms with Gasteiger partial charge in [-0.3, -0.25) is 4.79 Å². The van der Waals surface area contributed by atoms with E-state index < -0.39 is 0 Å². The first-order valence-corrected chi connectivity index (χ1v) is 8.27. The molecule has 0 aromatic heterocycles. The average Bonchev–Trinajstić information content (AvgIpc) is 2.49. The van der Waals surface area contributed by atoms with Gasteiger partial charge < -0.3 is 15.0 Å². The number of hydrogen-bond acceptors (Lipinski definition) is 3. The molecule has 1 aliphatic rings. The number of piperidine rings is 1. The van der Waals surface area contributed by atoms with E-state index in [0.717, 1.165) is 37.4 Å². The zero-order valence-corrected chi connectivity index (χ0v) is 14.0. The summed E-state index contributed by atoms with van der Waals surface area (Å²) < 4.78 is 5.81. The van der Waals surface area contributed by atoms with E-state index in [1.165, 1.54) is 6.42 Å². The first kappa shape index (κ1) is 16.8. The van der Waals surface area contributed by atoms with Crippen LogP contribution in [-0.2, 0) is 11.2 Å². The van der Waals surface area contributed by atoms with Crippen LogP contribution in [0.1, 0.15) is 32.3 Å². The molecular formula is C18H28N2O2. The quantitative estimate of drug-likeness (QED) is 0.878. The van der Waals surface area contributed by atoms with Gasteiger partial charge in [-0.2, -0.15) is 0 Å². The van der Waals surface area contributed by atoms with Crippen LogP contribution in [0.5, 0.6) is 5.75 Å². The molecule has 0 aliphatic carbocycles. The Hall–Kier alpha value is -1.55. The van der Waals surface area contributed by atoms with E-state index >= 15 is 0 Å². The number of para-hydroxylation sites is 1. The second-order valence-corrected chi connectivity index (χ2v) is 6.36. The monoisotopic (exact) mass is 304 g/mol. The number of nitrogens with zero attached hydrogens (tertiary/aromatic N) is 1. The van der Waals surface area contributed by atoms with Crippen LogP contribution in [0, 0.1) is 5.92 Å². The Morgan fingerprint density at radius 1 is 1.41 bits per heavy atom. The number of benzene rings is 1. The Morgan fingerprint density at radius 3 is 2.91 bits per heavy atom. The Balaban J connectivity index is 1.99. The van der Waals surface area contributed by atoms with Gasteiger partial charge in [0.25, 0.3) is 0 Å². The predicted molar refractivity (Wildman–Crippen MR) is 89.1 cm³/mol. The van der Waals surface area contributed by atoms with E-state index in [4.69, 9.17) is 4.74 Å². The van der Waals surface area contributed by atoms with Gasteiger partial charge in [-0.05, 0) is 52.3 Å². The van der Waals surface area contributed by atoms with Gasteiger partial charge in [0.2, 0.25) is 5.91 Å². The number of likely N-dealkylation sites (tertiary alicyclic amines) is 1. The van der Waals surface area contributed by atoms with Gasteiger partial charge >= 0.3 is 0 Å². The predicted octanol–water partition coefficient (Wildman–Crippen LogP) is 2.47. The molecule has 4 nitrogen and oxygen atoms in total. The summed E-state index contributed by atoms with van der Waals surface area (Å²) in [6, 6.07) is 7.86. The second-order valence-electron chi connectivity index (χ2n) is 6.36. The molecule has 0 bridgehead atoms. The Bertz CT molecular complexity index is 486. The molecule has 122 valence electrons. The number of amides is 1. The summed E-state index contributed by atoms with van der Waals surface area (Å²) in [5.41, 5.74) is 0.983. The topological polar surface area (TPSA) is 41.6 Å². The number of hydrogen-bond donors (Lipinski definition) is 1. The highest BCUT2D eigenvalue weighted by atomic mass is 16.5. The van der Waals surface area contributed by atoms with Crippen molar-refractivity contribution >= 4 is 5.91 Å². The van der Waals surface area contributed by atoms with Gasteiger partial charge in [0.05, 0.1) is 12.5 Å². The molecule has 1 aromatic carbocycles. The van der Waals surface area contributed by atoms with Gasteiger partial charge in [-0.1, -0.05) is 18.2 Å². The molecule has 1 aliphatic heterocycles. The van der Waals surface area contributed by atoms with Gasteiger partial charge in [0.15, 0.2) is 0 Å². The van der Waals surface area contributed by atoms with Crippen molar-refractivity contribution in [3.63, 3.8) is 0 Å². The molecule has 1 fully saturated rings. The van der Waals surface area contributed by atoms with Crippen LogP contribution >= 0.6 is 0 Å². The molecule has 1 aromatic rings. The van der Waals surface area contributed by atoms with E-state index in [1.54, 1.807) is 0 Å². The van der Waals surface area contributed by atoms with Crippen molar-refractivity contribution in [1.29, 1.82) is 0 Å². The SMILES string of the molecule is CNC[C@@H]1CCCN(C(=O)Cc2ccccc2OC(C)C)C1. The standard InChI is InChI=1S/C18H28N2O2/c1-14(2)22-17-9-5-4-8-16(17)11-18(21)20-10-6-7-15(13-20)12-19-3/h4-5,8-9,14-15,19H,6-7,10-13H2,1-3H3/t15-/m0/s1. The molecule has 1 N–H and O–H groups in total. The lowest BCUT2D eigenvalue weighted by molar-refractivity contribution is -0.132. The molecule has 0 radical (unpaired) electrons. The Kier molecular flexibility index (Phi) is 6.25. The smallest absolute Gasteiger partial charge is 0.227 e. The van der Waals surface area contributed by atoms with Crippen molar-refractivity contribution in [2.24, 2.45) is 5.92 Å². The Labute approximate surface area is 133 Å². The van der Waals surface area contributed by atoms with Crippen molar-refractivity contribution < 1.29 is 9.53 Å². The molecule has 1 saturated heterocycles. The fraction of sp³-hybridized carbons (Fsp3) is 0.611. The summed E-state index contributed by atoms with van der Waals surface area (Å²) in [6.07, 6.45) is 2.85. The lowest BCUT2D eigenvalue weighted by Crippen LogP contribution is -2.43. The third-order valence-corrected chi connectivity index (χ3v) is 4.04. The maximum absolute atomic E-state index is 12.6. The second kappa shape index (κ2) is 8.18. The van der Waals surface area contributed by atoms with Gasteiger partial charge in [-0.25, -0.2) is 0 Å². The van der Waals surface area contributed by atoms with Crippen LogP contribution < -0.4 is 10.1 Å². The van der Waals surface area contributed by atoms with Crippen LogP contribution in [0.3, 0.4) is 0 Å². The van der Waals surface area contributed by atoms with Crippen molar-refractivity contribution in [1.82, 2.24) is 10.2 Å². The molecule has 0 unspecified atom stereocenters. The molecule has 1 atom stereocenters. The van der Waals surface area contributed by atoms with E-state index in [0.29, 0.717) is 12.3 Å². The summed E-state index contributed by atoms with van der Waals surface area (Å²) in [4.78, 5) is 14.6. The molecule has 0 spiro atoms. The van der Waals surface area contributed by atoms with Crippen molar-refractivity contribution in [3.05, 3.63) is 29.8 Å². The van der Waals surface area contributed by atoms with Crippen LogP contribution in [-0.4, -0.2) is 43.6 Å². The van der Waals surface area contributed by atoms with Gasteiger partial charge in [0.1, 0.15) is 5.75 Å². The van der Waals surface area contributed by atoms with Crippen LogP contribution in [0.25, 0.3) is 0 Å². The van der Waals surface area contributed by atoms with Gasteiger partial charge in [-0.15, -0.1) is 0 Å². The van der Waals surface area contributed by atoms with Crippen molar-refractivity contribution in [3.8, 4) is 5.75 Å². The minimum Gasteiger partial charge on any atom is -0.491 e. The molecule has 4 heteroatoms. The van der Waals surface area contributed by atoms with Crippen molar-refractivity contribution in [2.45, 2.75) is 39.2 Å². The van der Waals surface area contributed by atoms with Crippen molar-refractivity contribution in [2.75, 3.05) is 26.7 Å². The average molecular weight is 304 g/mol. The number of ether oxygens (including phenoxy) is 1. The van der Waals surface area contributed by atoms with E-state index in [9.17, 15) is 4.79 Å². The summed E-state index contributed by atoms with van der Waals surface area (Å²) in [5.74, 6) is 1.61. The highest BCUT2D eigenvalue weighted by molar-refractivity contribution is 5.79. The molecule has 22 heavy (non-hydrogen) atoms. The number of carbonyl (C=O) groups is 1. The zero-order valence-electron chi connectivity index (χ0n) is 14.0. The first-order valence-electron chi connectivity index (χ1n) is 8.27. The number of nitrogens with one attached hydrogen (secondary N) is 1. The summed E-state index contributed by atoms with van der Waals surface area (Å²) in [7, 11) is 1.97. The number of carbonyl (C=O) groups excluding carboxylic acids is 1. The summed E-state index contributed by atoms with van der Waals surface area (Å²) >= 11 is 0. The maximum Gasteiger partial charge on any atom is 0.227 e. The summed E-state index contributed by atoms with van der Waals surface area (Å²) in [5, 5.41) is 3.22. The van der Waals surface area contributed by atoms with Crippen LogP contribution in [0.2, 0.25) is 0 Å². The van der Waals surface area contributed by atoms with Crippen LogP contribution in [0.15, 0.2) is 24.3 Å². The molecule has 2 rings (SSSR count). The fourth-order valence-corrected chi connectivity index (χ4v) is 3.04.